The molecule has 0 bridgehead atoms. The zero-order chi connectivity index (χ0) is 25.8. The first-order chi connectivity index (χ1) is 18.1. The van der Waals surface area contributed by atoms with E-state index >= 15 is 0 Å². The maximum atomic E-state index is 12.7. The lowest BCUT2D eigenvalue weighted by atomic mass is 10.00. The first-order valence-corrected chi connectivity index (χ1v) is 13.7. The number of hydrazine groups is 1. The molecule has 9 nitrogen and oxygen atoms in total. The minimum atomic E-state index is -0.104. The number of benzene rings is 2. The summed E-state index contributed by atoms with van der Waals surface area (Å²) in [6.45, 7) is 4.90. The van der Waals surface area contributed by atoms with Crippen LogP contribution in [0.2, 0.25) is 0 Å². The van der Waals surface area contributed by atoms with E-state index in [4.69, 9.17) is 9.47 Å². The van der Waals surface area contributed by atoms with Crippen molar-refractivity contribution in [3.05, 3.63) is 66.0 Å². The zero-order valence-electron chi connectivity index (χ0n) is 21.4. The van der Waals surface area contributed by atoms with Crippen LogP contribution in [0.5, 0.6) is 11.5 Å². The van der Waals surface area contributed by atoms with E-state index in [9.17, 15) is 4.79 Å². The van der Waals surface area contributed by atoms with Crippen LogP contribution in [-0.4, -0.2) is 52.7 Å². The third kappa shape index (κ3) is 5.65. The molecule has 37 heavy (non-hydrogen) atoms. The van der Waals surface area contributed by atoms with Crippen LogP contribution in [0.4, 0.5) is 5.69 Å². The fraction of sp³-hybridized carbons (Fsp3) is 0.407. The number of hydrogen-bond acceptors (Lipinski definition) is 9. The summed E-state index contributed by atoms with van der Waals surface area (Å²) < 4.78 is 11.2. The van der Waals surface area contributed by atoms with Gasteiger partial charge in [-0.05, 0) is 55.2 Å². The van der Waals surface area contributed by atoms with E-state index in [1.807, 2.05) is 37.5 Å². The van der Waals surface area contributed by atoms with Gasteiger partial charge in [-0.2, -0.15) is 5.10 Å². The molecule has 0 radical (unpaired) electrons. The highest BCUT2D eigenvalue weighted by molar-refractivity contribution is 8.14. The third-order valence-corrected chi connectivity index (χ3v) is 7.68. The van der Waals surface area contributed by atoms with Crippen molar-refractivity contribution in [2.75, 3.05) is 24.8 Å². The van der Waals surface area contributed by atoms with Crippen LogP contribution in [0, 0.1) is 6.92 Å². The predicted octanol–water partition coefficient (Wildman–Crippen LogP) is 4.16. The van der Waals surface area contributed by atoms with Crippen molar-refractivity contribution in [3.8, 4) is 11.5 Å². The number of fused-ring (bicyclic) bond motifs is 3. The highest BCUT2D eigenvalue weighted by Gasteiger charge is 2.44. The van der Waals surface area contributed by atoms with Crippen LogP contribution >= 0.6 is 11.8 Å². The monoisotopic (exact) mass is 522 g/mol. The average Bonchev–Trinajstić information content (AvgIpc) is 3.52. The summed E-state index contributed by atoms with van der Waals surface area (Å²) in [4.78, 5) is 14.8. The summed E-state index contributed by atoms with van der Waals surface area (Å²) in [7, 11) is 1.60. The van der Waals surface area contributed by atoms with E-state index in [-0.39, 0.29) is 29.9 Å². The van der Waals surface area contributed by atoms with Crippen molar-refractivity contribution in [3.63, 3.8) is 0 Å². The van der Waals surface area contributed by atoms with E-state index in [0.717, 1.165) is 42.3 Å². The summed E-state index contributed by atoms with van der Waals surface area (Å²) in [6, 6.07) is 14.5. The van der Waals surface area contributed by atoms with Gasteiger partial charge in [0.1, 0.15) is 17.7 Å². The number of amidine groups is 1. The largest absolute Gasteiger partial charge is 0.495 e. The third-order valence-electron chi connectivity index (χ3n) is 6.72. The fourth-order valence-electron chi connectivity index (χ4n) is 4.73. The summed E-state index contributed by atoms with van der Waals surface area (Å²) in [5.41, 5.74) is 9.84. The molecule has 3 unspecified atom stereocenters. The highest BCUT2D eigenvalue weighted by Crippen LogP contribution is 2.35. The van der Waals surface area contributed by atoms with Crippen LogP contribution in [0.25, 0.3) is 0 Å². The number of anilines is 1. The topological polar surface area (TPSA) is 90.5 Å². The van der Waals surface area contributed by atoms with Crippen LogP contribution in [0.15, 0.2) is 60.0 Å². The Hall–Kier alpha value is -3.37. The Labute approximate surface area is 222 Å². The maximum absolute atomic E-state index is 12.7. The molecule has 0 saturated carbocycles. The normalized spacial score (nSPS) is 21.7. The number of ether oxygens (including phenoxy) is 2. The number of carbonyl (C=O) groups is 1. The second-order valence-electron chi connectivity index (χ2n) is 9.38. The first-order valence-electron chi connectivity index (χ1n) is 12.7. The van der Waals surface area contributed by atoms with Crippen LogP contribution in [-0.2, 0) is 4.79 Å². The number of aryl methyl sites for hydroxylation is 1. The average molecular weight is 523 g/mol. The molecular formula is C27H34N6O3S. The fourth-order valence-corrected chi connectivity index (χ4v) is 5.51. The molecular weight excluding hydrogens is 488 g/mol. The molecule has 10 heteroatoms. The molecule has 1 saturated heterocycles. The van der Waals surface area contributed by atoms with E-state index in [1.54, 1.807) is 7.11 Å². The van der Waals surface area contributed by atoms with Gasteiger partial charge in [-0.15, -0.1) is 0 Å². The van der Waals surface area contributed by atoms with Crippen LogP contribution in [0.1, 0.15) is 43.4 Å². The number of unbranched alkanes of at least 4 members (excludes halogenated alkanes) is 1. The first kappa shape index (κ1) is 25.3. The summed E-state index contributed by atoms with van der Waals surface area (Å²) in [6.07, 6.45) is 7.17. The Kier molecular flexibility index (Phi) is 7.76. The van der Waals surface area contributed by atoms with Crippen LogP contribution < -0.4 is 25.6 Å². The van der Waals surface area contributed by atoms with E-state index < -0.39 is 0 Å². The van der Waals surface area contributed by atoms with Gasteiger partial charge in [-0.25, -0.2) is 5.43 Å². The zero-order valence-corrected chi connectivity index (χ0v) is 22.3. The Balaban J connectivity index is 1.15. The number of hydrogen-bond donors (Lipinski definition) is 3. The van der Waals surface area contributed by atoms with Gasteiger partial charge in [-0.3, -0.25) is 10.2 Å². The van der Waals surface area contributed by atoms with Crippen molar-refractivity contribution < 1.29 is 14.3 Å². The lowest BCUT2D eigenvalue weighted by Gasteiger charge is -2.36. The molecule has 1 amide bonds. The van der Waals surface area contributed by atoms with Gasteiger partial charge >= 0.3 is 0 Å². The van der Waals surface area contributed by atoms with Crippen molar-refractivity contribution in [2.45, 2.75) is 51.4 Å². The molecule has 5 rings (SSSR count). The summed E-state index contributed by atoms with van der Waals surface area (Å²) >= 11 is 1.41. The minimum Gasteiger partial charge on any atom is -0.495 e. The number of rotatable bonds is 9. The number of hydrazone groups is 1. The summed E-state index contributed by atoms with van der Waals surface area (Å²) in [5, 5.41) is 10.4. The van der Waals surface area contributed by atoms with E-state index in [1.165, 1.54) is 17.3 Å². The Morgan fingerprint density at radius 1 is 1.22 bits per heavy atom. The number of thioether (sulfide) groups is 1. The van der Waals surface area contributed by atoms with Crippen molar-refractivity contribution >= 4 is 28.5 Å². The van der Waals surface area contributed by atoms with Gasteiger partial charge in [0, 0.05) is 12.4 Å². The molecule has 196 valence electrons. The number of carbonyl (C=O) groups excluding carboxylic acids is 1. The van der Waals surface area contributed by atoms with Crippen LogP contribution in [0.3, 0.4) is 0 Å². The number of nitrogens with one attached hydrogen (secondary N) is 3. The van der Waals surface area contributed by atoms with Crippen molar-refractivity contribution in [1.29, 1.82) is 0 Å². The molecule has 0 aromatic heterocycles. The molecule has 1 fully saturated rings. The van der Waals surface area contributed by atoms with E-state index in [2.05, 4.69) is 62.4 Å². The SMILES string of the molecule is CCCCOc1ccc(C2CC3C4NN=C(SCC(=O)Nc5cc(C)ccc5OC)N4C=CN3N2)cc1. The molecule has 2 aromatic rings. The smallest absolute Gasteiger partial charge is 0.234 e. The van der Waals surface area contributed by atoms with E-state index in [0.29, 0.717) is 11.4 Å². The number of nitrogens with zero attached hydrogens (tertiary/aromatic N) is 3. The maximum Gasteiger partial charge on any atom is 0.234 e. The second-order valence-corrected chi connectivity index (χ2v) is 10.3. The lowest BCUT2D eigenvalue weighted by Crippen LogP contribution is -2.54. The molecule has 3 heterocycles. The van der Waals surface area contributed by atoms with Crippen molar-refractivity contribution in [1.82, 2.24) is 20.8 Å². The van der Waals surface area contributed by atoms with Gasteiger partial charge in [0.25, 0.3) is 0 Å². The Morgan fingerprint density at radius 3 is 2.84 bits per heavy atom. The lowest BCUT2D eigenvalue weighted by molar-refractivity contribution is -0.113. The summed E-state index contributed by atoms with van der Waals surface area (Å²) in [5.74, 6) is 1.70. The Morgan fingerprint density at radius 2 is 2.05 bits per heavy atom. The minimum absolute atomic E-state index is 0.00146. The van der Waals surface area contributed by atoms with Gasteiger partial charge in [-0.1, -0.05) is 43.3 Å². The molecule has 3 atom stereocenters. The molecule has 3 N–H and O–H groups in total. The van der Waals surface area contributed by atoms with Gasteiger partial charge in [0.15, 0.2) is 5.17 Å². The second kappa shape index (κ2) is 11.4. The quantitative estimate of drug-likeness (QED) is 0.423. The standard InChI is InChI=1S/C27H34N6O3S/c1-4-5-14-36-20-9-7-19(8-10-20)21-16-23-26-29-30-27(32(26)12-13-33(23)31-21)37-17-25(34)28-22-15-18(2)6-11-24(22)35-3/h6-13,15,21,23,26,29,31H,4-5,14,16-17H2,1-3H3,(H,28,34). The van der Waals surface area contributed by atoms with Gasteiger partial charge in [0.2, 0.25) is 5.91 Å². The predicted molar refractivity (Wildman–Crippen MR) is 147 cm³/mol. The molecule has 3 aliphatic rings. The Bertz CT molecular complexity index is 1170. The van der Waals surface area contributed by atoms with Gasteiger partial charge < -0.3 is 24.7 Å². The molecule has 2 aromatic carbocycles. The molecule has 0 aliphatic carbocycles. The van der Waals surface area contributed by atoms with Crippen molar-refractivity contribution in [2.24, 2.45) is 5.10 Å². The number of amides is 1. The number of methoxy groups -OCH3 is 1. The molecule has 0 spiro atoms. The highest BCUT2D eigenvalue weighted by atomic mass is 32.2. The van der Waals surface area contributed by atoms with Gasteiger partial charge in [0.05, 0.1) is 37.2 Å². The molecule has 3 aliphatic heterocycles.